The van der Waals surface area contributed by atoms with Gasteiger partial charge in [0.05, 0.1) is 22.7 Å². The molecule has 7 heteroatoms. The van der Waals surface area contributed by atoms with Gasteiger partial charge in [-0.3, -0.25) is 9.48 Å². The highest BCUT2D eigenvalue weighted by Crippen LogP contribution is 2.28. The lowest BCUT2D eigenvalue weighted by atomic mass is 10.2. The number of fused-ring (bicyclic) bond motifs is 3. The number of aromatic nitrogens is 4. The number of benzene rings is 1. The molecule has 0 unspecified atom stereocenters. The first-order chi connectivity index (χ1) is 12.5. The Balaban J connectivity index is 1.63. The second kappa shape index (κ2) is 6.25. The molecule has 0 aliphatic rings. The first-order valence-electron chi connectivity index (χ1n) is 8.28. The second-order valence-corrected chi connectivity index (χ2v) is 6.34. The molecule has 0 radical (unpaired) electrons. The Labute approximate surface area is 149 Å². The van der Waals surface area contributed by atoms with Crippen LogP contribution in [0.15, 0.2) is 48.8 Å². The average Bonchev–Trinajstić information content (AvgIpc) is 3.16. The molecule has 0 N–H and O–H groups in total. The highest BCUT2D eigenvalue weighted by molar-refractivity contribution is 6.06. The van der Waals surface area contributed by atoms with E-state index in [9.17, 15) is 9.18 Å². The lowest BCUT2D eigenvalue weighted by Crippen LogP contribution is -2.29. The Hall–Kier alpha value is -3.22. The lowest BCUT2D eigenvalue weighted by molar-refractivity contribution is -0.130. The third-order valence-electron chi connectivity index (χ3n) is 4.59. The molecule has 6 nitrogen and oxygen atoms in total. The smallest absolute Gasteiger partial charge is 0.242 e. The van der Waals surface area contributed by atoms with Crippen molar-refractivity contribution in [3.8, 4) is 0 Å². The van der Waals surface area contributed by atoms with Crippen molar-refractivity contribution in [2.75, 3.05) is 7.05 Å². The minimum absolute atomic E-state index is 0.0409. The molecule has 0 aliphatic carbocycles. The van der Waals surface area contributed by atoms with Gasteiger partial charge in [-0.25, -0.2) is 4.98 Å². The molecule has 1 aromatic carbocycles. The monoisotopic (exact) mass is 351 g/mol. The van der Waals surface area contributed by atoms with Crippen LogP contribution in [-0.2, 0) is 24.9 Å². The van der Waals surface area contributed by atoms with Crippen molar-refractivity contribution in [3.05, 3.63) is 60.3 Å². The fourth-order valence-corrected chi connectivity index (χ4v) is 3.26. The summed E-state index contributed by atoms with van der Waals surface area (Å²) in [4.78, 5) is 18.0. The summed E-state index contributed by atoms with van der Waals surface area (Å²) < 4.78 is 16.7. The quantitative estimate of drug-likeness (QED) is 0.531. The van der Waals surface area contributed by atoms with Crippen LogP contribution in [0.4, 0.5) is 4.39 Å². The van der Waals surface area contributed by atoms with Crippen LogP contribution >= 0.6 is 0 Å². The maximum Gasteiger partial charge on any atom is 0.242 e. The zero-order valence-corrected chi connectivity index (χ0v) is 14.6. The molecule has 1 amide bonds. The van der Waals surface area contributed by atoms with Gasteiger partial charge in [0.1, 0.15) is 6.54 Å². The van der Waals surface area contributed by atoms with Gasteiger partial charge < -0.3 is 9.47 Å². The van der Waals surface area contributed by atoms with Crippen molar-refractivity contribution in [1.29, 1.82) is 0 Å². The van der Waals surface area contributed by atoms with E-state index in [0.29, 0.717) is 6.54 Å². The number of likely N-dealkylation sites (N-methyl/N-ethyl adjacent to an activating group) is 1. The van der Waals surface area contributed by atoms with Crippen LogP contribution in [0, 0.1) is 5.95 Å². The largest absolute Gasteiger partial charge is 0.340 e. The van der Waals surface area contributed by atoms with Crippen LogP contribution in [0.25, 0.3) is 21.9 Å². The van der Waals surface area contributed by atoms with E-state index in [1.54, 1.807) is 24.2 Å². The number of rotatable bonds is 4. The van der Waals surface area contributed by atoms with Crippen molar-refractivity contribution in [2.45, 2.75) is 13.1 Å². The SMILES string of the molecule is CN(Cc1ccc(F)nc1)C(=O)Cn1c2ccccc2c2c1cnn2C. The number of hydrogen-bond acceptors (Lipinski definition) is 3. The Morgan fingerprint density at radius 2 is 1.96 bits per heavy atom. The van der Waals surface area contributed by atoms with Crippen LogP contribution < -0.4 is 0 Å². The van der Waals surface area contributed by atoms with Gasteiger partial charge in [-0.1, -0.05) is 24.3 Å². The summed E-state index contributed by atoms with van der Waals surface area (Å²) in [6, 6.07) is 10.9. The minimum atomic E-state index is -0.527. The predicted molar refractivity (Wildman–Crippen MR) is 96.9 cm³/mol. The van der Waals surface area contributed by atoms with Crippen LogP contribution in [0.3, 0.4) is 0 Å². The number of carbonyl (C=O) groups excluding carboxylic acids is 1. The van der Waals surface area contributed by atoms with E-state index in [0.717, 1.165) is 27.5 Å². The molecule has 26 heavy (non-hydrogen) atoms. The number of halogens is 1. The summed E-state index contributed by atoms with van der Waals surface area (Å²) in [6.07, 6.45) is 3.23. The third-order valence-corrected chi connectivity index (χ3v) is 4.59. The van der Waals surface area contributed by atoms with Crippen molar-refractivity contribution in [1.82, 2.24) is 24.2 Å². The minimum Gasteiger partial charge on any atom is -0.340 e. The van der Waals surface area contributed by atoms with Crippen LogP contribution in [0.2, 0.25) is 0 Å². The van der Waals surface area contributed by atoms with E-state index in [2.05, 4.69) is 10.1 Å². The van der Waals surface area contributed by atoms with Crippen molar-refractivity contribution in [3.63, 3.8) is 0 Å². The Morgan fingerprint density at radius 1 is 1.15 bits per heavy atom. The fourth-order valence-electron chi connectivity index (χ4n) is 3.26. The van der Waals surface area contributed by atoms with E-state index in [1.165, 1.54) is 12.3 Å². The molecular formula is C19H18FN5O. The first-order valence-corrected chi connectivity index (χ1v) is 8.28. The molecule has 0 saturated heterocycles. The van der Waals surface area contributed by atoms with Crippen molar-refractivity contribution < 1.29 is 9.18 Å². The molecule has 0 aliphatic heterocycles. The standard InChI is InChI=1S/C19H18FN5O/c1-23(11-13-7-8-17(20)21-9-13)18(26)12-25-15-6-4-3-5-14(15)19-16(25)10-22-24(19)2/h3-10H,11-12H2,1-2H3. The lowest BCUT2D eigenvalue weighted by Gasteiger charge is -2.18. The Morgan fingerprint density at radius 3 is 2.73 bits per heavy atom. The molecule has 0 spiro atoms. The Kier molecular flexibility index (Phi) is 3.91. The molecule has 3 heterocycles. The molecule has 0 fully saturated rings. The van der Waals surface area contributed by atoms with E-state index in [1.807, 2.05) is 40.6 Å². The highest BCUT2D eigenvalue weighted by atomic mass is 19.1. The van der Waals surface area contributed by atoms with Gasteiger partial charge in [0.25, 0.3) is 0 Å². The first kappa shape index (κ1) is 16.3. The fraction of sp³-hybridized carbons (Fsp3) is 0.211. The van der Waals surface area contributed by atoms with Gasteiger partial charge in [0, 0.05) is 32.2 Å². The summed E-state index contributed by atoms with van der Waals surface area (Å²) in [5.41, 5.74) is 3.73. The number of para-hydroxylation sites is 1. The molecule has 0 bridgehead atoms. The van der Waals surface area contributed by atoms with Gasteiger partial charge in [-0.15, -0.1) is 0 Å². The zero-order chi connectivity index (χ0) is 18.3. The molecule has 4 aromatic rings. The number of nitrogens with zero attached hydrogens (tertiary/aromatic N) is 5. The van der Waals surface area contributed by atoms with E-state index in [-0.39, 0.29) is 12.5 Å². The number of hydrogen-bond donors (Lipinski definition) is 0. The molecule has 132 valence electrons. The molecule has 0 saturated carbocycles. The number of carbonyl (C=O) groups is 1. The van der Waals surface area contributed by atoms with E-state index in [4.69, 9.17) is 0 Å². The zero-order valence-electron chi connectivity index (χ0n) is 14.6. The highest BCUT2D eigenvalue weighted by Gasteiger charge is 2.18. The van der Waals surface area contributed by atoms with Crippen molar-refractivity contribution in [2.24, 2.45) is 7.05 Å². The molecule has 3 aromatic heterocycles. The van der Waals surface area contributed by atoms with Crippen LogP contribution in [-0.4, -0.2) is 37.2 Å². The predicted octanol–water partition coefficient (Wildman–Crippen LogP) is 2.72. The van der Waals surface area contributed by atoms with Gasteiger partial charge in [0.15, 0.2) is 0 Å². The van der Waals surface area contributed by atoms with Crippen LogP contribution in [0.5, 0.6) is 0 Å². The summed E-state index contributed by atoms with van der Waals surface area (Å²) in [7, 11) is 3.63. The maximum absolute atomic E-state index is 12.9. The average molecular weight is 351 g/mol. The summed E-state index contributed by atoms with van der Waals surface area (Å²) >= 11 is 0. The van der Waals surface area contributed by atoms with Crippen LogP contribution in [0.1, 0.15) is 5.56 Å². The second-order valence-electron chi connectivity index (χ2n) is 6.34. The Bertz CT molecular complexity index is 1100. The maximum atomic E-state index is 12.9. The molecule has 0 atom stereocenters. The van der Waals surface area contributed by atoms with Crippen molar-refractivity contribution >= 4 is 27.8 Å². The summed E-state index contributed by atoms with van der Waals surface area (Å²) in [5.74, 6) is -0.568. The summed E-state index contributed by atoms with van der Waals surface area (Å²) in [6.45, 7) is 0.586. The topological polar surface area (TPSA) is 56.0 Å². The van der Waals surface area contributed by atoms with Gasteiger partial charge >= 0.3 is 0 Å². The number of pyridine rings is 1. The van der Waals surface area contributed by atoms with E-state index >= 15 is 0 Å². The van der Waals surface area contributed by atoms with E-state index < -0.39 is 5.95 Å². The molecule has 4 rings (SSSR count). The normalized spacial score (nSPS) is 11.3. The number of amides is 1. The van der Waals surface area contributed by atoms with Gasteiger partial charge in [-0.05, 0) is 17.7 Å². The third kappa shape index (κ3) is 2.71. The van der Waals surface area contributed by atoms with Gasteiger partial charge in [0.2, 0.25) is 11.9 Å². The number of aryl methyl sites for hydroxylation is 1. The molecular weight excluding hydrogens is 333 g/mol. The van der Waals surface area contributed by atoms with Gasteiger partial charge in [-0.2, -0.15) is 9.49 Å². The summed E-state index contributed by atoms with van der Waals surface area (Å²) in [5, 5.41) is 5.39.